The number of hydrogen-bond acceptors (Lipinski definition) is 12. The summed E-state index contributed by atoms with van der Waals surface area (Å²) in [4.78, 5) is 24.3. The number of rotatable bonds is 10. The second-order valence-corrected chi connectivity index (χ2v) is 15.0. The molecule has 6 rings (SSSR count). The SMILES string of the molecule is CCc1cc(Nc2ncc(Br)c(Nc3ccc4nccnc4c3NS(C)(=O)=O)n2)c(OC(F)(F)F)cc1N1CCC(N2CCN(C)CC2)CC1. The molecule has 50 heavy (non-hydrogen) atoms. The fraction of sp³-hybridized carbons (Fsp3) is 0.438. The molecule has 4 heterocycles. The van der Waals surface area contributed by atoms with Crippen LogP contribution in [0.15, 0.2) is 47.3 Å². The molecule has 0 bridgehead atoms. The van der Waals surface area contributed by atoms with E-state index in [0.717, 1.165) is 63.9 Å². The molecule has 0 amide bonds. The summed E-state index contributed by atoms with van der Waals surface area (Å²) < 4.78 is 73.2. The Bertz CT molecular complexity index is 1950. The van der Waals surface area contributed by atoms with Gasteiger partial charge in [0.25, 0.3) is 0 Å². The van der Waals surface area contributed by atoms with Crippen molar-refractivity contribution >= 4 is 71.5 Å². The number of likely N-dealkylation sites (N-methyl/N-ethyl adjacent to an activating group) is 1. The first kappa shape index (κ1) is 35.8. The lowest BCUT2D eigenvalue weighted by atomic mass is 9.99. The van der Waals surface area contributed by atoms with Crippen LogP contribution in [0.25, 0.3) is 11.0 Å². The van der Waals surface area contributed by atoms with Crippen molar-refractivity contribution in [2.45, 2.75) is 38.6 Å². The predicted molar refractivity (Wildman–Crippen MR) is 191 cm³/mol. The van der Waals surface area contributed by atoms with Gasteiger partial charge in [0.05, 0.1) is 33.3 Å². The Hall–Kier alpha value is -4.00. The highest BCUT2D eigenvalue weighted by Gasteiger charge is 2.34. The van der Waals surface area contributed by atoms with Gasteiger partial charge in [-0.25, -0.2) is 13.4 Å². The third-order valence-corrected chi connectivity index (χ3v) is 9.97. The minimum absolute atomic E-state index is 0.0243. The zero-order chi connectivity index (χ0) is 35.6. The first-order valence-corrected chi connectivity index (χ1v) is 18.8. The smallest absolute Gasteiger partial charge is 0.403 e. The quantitative estimate of drug-likeness (QED) is 0.182. The number of nitrogens with one attached hydrogen (secondary N) is 3. The monoisotopic (exact) mass is 778 g/mol. The maximum atomic E-state index is 13.7. The van der Waals surface area contributed by atoms with Crippen molar-refractivity contribution in [2.24, 2.45) is 0 Å². The molecule has 4 aromatic rings. The molecule has 0 unspecified atom stereocenters. The third-order valence-electron chi connectivity index (χ3n) is 8.82. The maximum Gasteiger partial charge on any atom is 0.573 e. The van der Waals surface area contributed by atoms with Gasteiger partial charge >= 0.3 is 6.36 Å². The Morgan fingerprint density at radius 2 is 1.70 bits per heavy atom. The second kappa shape index (κ2) is 14.7. The standard InChI is InChI=1S/C32H38BrF3N10O3S/c1-4-20-17-25(27(49-32(34,35)36)18-26(20)46-11-7-21(8-12-46)45-15-13-44(2)14-16-45)41-31-39-19-22(33)30(42-31)40-24-6-5-23-28(38-10-9-37-23)29(24)43-50(3,47)48/h5-6,9-10,17-19,21,43H,4,7-8,11-16H2,1-3H3,(H2,39,40,41,42). The van der Waals surface area contributed by atoms with Gasteiger partial charge in [-0.15, -0.1) is 13.2 Å². The molecule has 3 N–H and O–H groups in total. The highest BCUT2D eigenvalue weighted by Crippen LogP contribution is 2.40. The molecular formula is C32H38BrF3N10O3S. The van der Waals surface area contributed by atoms with Gasteiger partial charge in [0.1, 0.15) is 11.3 Å². The van der Waals surface area contributed by atoms with Crippen molar-refractivity contribution < 1.29 is 26.3 Å². The van der Waals surface area contributed by atoms with Crippen LogP contribution in [0.4, 0.5) is 47.7 Å². The molecule has 2 aliphatic rings. The van der Waals surface area contributed by atoms with E-state index in [1.165, 1.54) is 24.7 Å². The lowest BCUT2D eigenvalue weighted by Crippen LogP contribution is -2.52. The predicted octanol–water partition coefficient (Wildman–Crippen LogP) is 5.72. The Morgan fingerprint density at radius 1 is 0.980 bits per heavy atom. The number of fused-ring (bicyclic) bond motifs is 1. The van der Waals surface area contributed by atoms with Gasteiger partial charge in [-0.3, -0.25) is 19.6 Å². The normalized spacial score (nSPS) is 16.8. The highest BCUT2D eigenvalue weighted by molar-refractivity contribution is 9.10. The topological polar surface area (TPSA) is 141 Å². The Kier molecular flexibility index (Phi) is 10.5. The van der Waals surface area contributed by atoms with Crippen molar-refractivity contribution in [3.8, 4) is 5.75 Å². The van der Waals surface area contributed by atoms with E-state index in [2.05, 4.69) is 77.7 Å². The summed E-state index contributed by atoms with van der Waals surface area (Å²) in [5.74, 6) is -0.223. The number of hydrogen-bond donors (Lipinski definition) is 3. The van der Waals surface area contributed by atoms with E-state index in [-0.39, 0.29) is 23.1 Å². The molecule has 0 radical (unpaired) electrons. The zero-order valence-corrected chi connectivity index (χ0v) is 30.2. The van der Waals surface area contributed by atoms with Crippen molar-refractivity contribution in [1.82, 2.24) is 29.7 Å². The first-order chi connectivity index (χ1) is 23.8. The van der Waals surface area contributed by atoms with Gasteiger partial charge < -0.3 is 25.2 Å². The fourth-order valence-electron chi connectivity index (χ4n) is 6.35. The lowest BCUT2D eigenvalue weighted by molar-refractivity contribution is -0.274. The van der Waals surface area contributed by atoms with Crippen LogP contribution < -0.4 is 25.0 Å². The highest BCUT2D eigenvalue weighted by atomic mass is 79.9. The Morgan fingerprint density at radius 3 is 2.38 bits per heavy atom. The van der Waals surface area contributed by atoms with Crippen LogP contribution >= 0.6 is 15.9 Å². The average Bonchev–Trinajstić information content (AvgIpc) is 3.07. The summed E-state index contributed by atoms with van der Waals surface area (Å²) in [6.07, 6.45) is 2.85. The second-order valence-electron chi connectivity index (χ2n) is 12.4. The number of benzene rings is 2. The molecule has 0 atom stereocenters. The molecule has 0 spiro atoms. The van der Waals surface area contributed by atoms with E-state index in [0.29, 0.717) is 39.3 Å². The largest absolute Gasteiger partial charge is 0.573 e. The molecule has 268 valence electrons. The van der Waals surface area contributed by atoms with Crippen molar-refractivity contribution in [1.29, 1.82) is 0 Å². The zero-order valence-electron chi connectivity index (χ0n) is 27.8. The van der Waals surface area contributed by atoms with E-state index in [1.807, 2.05) is 6.92 Å². The summed E-state index contributed by atoms with van der Waals surface area (Å²) in [5.41, 5.74) is 2.82. The van der Waals surface area contributed by atoms with Gasteiger partial charge in [-0.05, 0) is 66.0 Å². The van der Waals surface area contributed by atoms with Crippen molar-refractivity contribution in [3.05, 3.63) is 52.9 Å². The molecule has 13 nitrogen and oxygen atoms in total. The molecule has 0 saturated carbocycles. The first-order valence-electron chi connectivity index (χ1n) is 16.1. The summed E-state index contributed by atoms with van der Waals surface area (Å²) in [5, 5.41) is 6.00. The van der Waals surface area contributed by atoms with Gasteiger partial charge in [0, 0.05) is 75.7 Å². The number of piperazine rings is 1. The van der Waals surface area contributed by atoms with Crippen LogP contribution in [0.3, 0.4) is 0 Å². The molecule has 2 saturated heterocycles. The van der Waals surface area contributed by atoms with E-state index < -0.39 is 22.1 Å². The molecule has 2 aromatic carbocycles. The molecule has 0 aliphatic carbocycles. The molecule has 2 aliphatic heterocycles. The summed E-state index contributed by atoms with van der Waals surface area (Å²) in [6, 6.07) is 6.83. The third kappa shape index (κ3) is 8.65. The number of alkyl halides is 3. The Balaban J connectivity index is 1.27. The molecule has 18 heteroatoms. The molecular weight excluding hydrogens is 741 g/mol. The van der Waals surface area contributed by atoms with Gasteiger partial charge in [0.2, 0.25) is 16.0 Å². The van der Waals surface area contributed by atoms with E-state index in [1.54, 1.807) is 18.2 Å². The van der Waals surface area contributed by atoms with E-state index >= 15 is 0 Å². The fourth-order valence-corrected chi connectivity index (χ4v) is 7.22. The summed E-state index contributed by atoms with van der Waals surface area (Å²) >= 11 is 3.41. The van der Waals surface area contributed by atoms with Crippen molar-refractivity contribution in [3.63, 3.8) is 0 Å². The van der Waals surface area contributed by atoms with Crippen LogP contribution in [-0.4, -0.2) is 103 Å². The van der Waals surface area contributed by atoms with Crippen LogP contribution in [-0.2, 0) is 16.4 Å². The number of sulfonamides is 1. The van der Waals surface area contributed by atoms with E-state index in [4.69, 9.17) is 0 Å². The van der Waals surface area contributed by atoms with Crippen LogP contribution in [0.5, 0.6) is 5.75 Å². The number of nitrogens with zero attached hydrogens (tertiary/aromatic N) is 7. The van der Waals surface area contributed by atoms with Crippen LogP contribution in [0.2, 0.25) is 0 Å². The van der Waals surface area contributed by atoms with Crippen LogP contribution in [0.1, 0.15) is 25.3 Å². The van der Waals surface area contributed by atoms with Gasteiger partial charge in [0.15, 0.2) is 5.75 Å². The summed E-state index contributed by atoms with van der Waals surface area (Å²) in [6.45, 7) is 7.52. The van der Waals surface area contributed by atoms with Crippen LogP contribution in [0, 0.1) is 0 Å². The average molecular weight is 780 g/mol. The molecule has 2 aromatic heterocycles. The number of halogens is 4. The Labute approximate surface area is 296 Å². The number of anilines is 6. The maximum absolute atomic E-state index is 13.7. The number of aromatic nitrogens is 4. The minimum Gasteiger partial charge on any atom is -0.403 e. The summed E-state index contributed by atoms with van der Waals surface area (Å²) in [7, 11) is -1.59. The van der Waals surface area contributed by atoms with Gasteiger partial charge in [-0.2, -0.15) is 4.98 Å². The van der Waals surface area contributed by atoms with Gasteiger partial charge in [-0.1, -0.05) is 6.92 Å². The van der Waals surface area contributed by atoms with E-state index in [9.17, 15) is 21.6 Å². The number of ether oxygens (including phenoxy) is 1. The number of aryl methyl sites for hydroxylation is 1. The minimum atomic E-state index is -4.94. The number of piperidine rings is 1. The lowest BCUT2D eigenvalue weighted by Gasteiger charge is -2.43. The van der Waals surface area contributed by atoms with Crippen molar-refractivity contribution in [2.75, 3.05) is 72.8 Å². The molecule has 2 fully saturated rings.